The Labute approximate surface area is 131 Å². The molecule has 0 saturated heterocycles. The fraction of sp³-hybridized carbons (Fsp3) is 0.0714. The lowest BCUT2D eigenvalue weighted by molar-refractivity contribution is 0.580. The predicted octanol–water partition coefficient (Wildman–Crippen LogP) is 3.78. The van der Waals surface area contributed by atoms with Gasteiger partial charge in [0, 0.05) is 23.4 Å². The van der Waals surface area contributed by atoms with E-state index in [4.69, 9.17) is 0 Å². The number of benzene rings is 1. The molecule has 110 valence electrons. The second kappa shape index (κ2) is 5.22. The average Bonchev–Trinajstić information content (AvgIpc) is 3.14. The summed E-state index contributed by atoms with van der Waals surface area (Å²) in [7, 11) is 0. The highest BCUT2D eigenvalue weighted by Crippen LogP contribution is 2.27. The highest BCUT2D eigenvalue weighted by molar-refractivity contribution is 7.20. The van der Waals surface area contributed by atoms with Crippen LogP contribution in [0, 0.1) is 11.6 Å². The van der Waals surface area contributed by atoms with Gasteiger partial charge in [-0.05, 0) is 29.1 Å². The first kappa shape index (κ1) is 13.5. The van der Waals surface area contributed by atoms with Gasteiger partial charge >= 0.3 is 0 Å². The first-order valence-electron chi connectivity index (χ1n) is 6.38. The molecule has 4 rings (SSSR count). The van der Waals surface area contributed by atoms with Crippen molar-refractivity contribution >= 4 is 27.6 Å². The molecule has 0 aliphatic rings. The summed E-state index contributed by atoms with van der Waals surface area (Å²) >= 11 is 3.02. The third-order valence-corrected chi connectivity index (χ3v) is 4.74. The van der Waals surface area contributed by atoms with Gasteiger partial charge in [0.05, 0.1) is 0 Å². The van der Waals surface area contributed by atoms with Crippen LogP contribution in [0.15, 0.2) is 35.0 Å². The van der Waals surface area contributed by atoms with Gasteiger partial charge in [-0.15, -0.1) is 10.2 Å². The number of rotatable bonds is 3. The van der Waals surface area contributed by atoms with Gasteiger partial charge in [0.25, 0.3) is 0 Å². The van der Waals surface area contributed by atoms with Gasteiger partial charge in [0.1, 0.15) is 16.6 Å². The summed E-state index contributed by atoms with van der Waals surface area (Å²) in [4.78, 5) is 0.660. The summed E-state index contributed by atoms with van der Waals surface area (Å²) in [5, 5.41) is 17.4. The van der Waals surface area contributed by atoms with Gasteiger partial charge in [-0.25, -0.2) is 8.78 Å². The van der Waals surface area contributed by atoms with Crippen molar-refractivity contribution in [2.24, 2.45) is 0 Å². The van der Waals surface area contributed by atoms with E-state index < -0.39 is 11.6 Å². The third kappa shape index (κ3) is 2.40. The van der Waals surface area contributed by atoms with Crippen LogP contribution in [0.3, 0.4) is 0 Å². The maximum Gasteiger partial charge on any atom is 0.234 e. The summed E-state index contributed by atoms with van der Waals surface area (Å²) in [5.74, 6) is -0.654. The molecule has 3 aromatic heterocycles. The molecule has 0 fully saturated rings. The van der Waals surface area contributed by atoms with Crippen LogP contribution in [-0.2, 0) is 6.42 Å². The summed E-state index contributed by atoms with van der Waals surface area (Å²) in [6, 6.07) is 5.41. The number of halogens is 2. The first-order valence-corrected chi connectivity index (χ1v) is 8.13. The quantitative estimate of drug-likeness (QED) is 0.572. The molecule has 0 atom stereocenters. The van der Waals surface area contributed by atoms with Crippen LogP contribution in [0.4, 0.5) is 8.78 Å². The zero-order valence-corrected chi connectivity index (χ0v) is 12.7. The summed E-state index contributed by atoms with van der Waals surface area (Å²) in [6.07, 6.45) is 0.267. The highest BCUT2D eigenvalue weighted by atomic mass is 32.1. The van der Waals surface area contributed by atoms with Crippen molar-refractivity contribution in [2.75, 3.05) is 0 Å². The van der Waals surface area contributed by atoms with E-state index in [0.29, 0.717) is 16.3 Å². The number of hydrogen-bond acceptors (Lipinski definition) is 5. The molecule has 0 bridgehead atoms. The van der Waals surface area contributed by atoms with Crippen LogP contribution >= 0.6 is 22.7 Å². The monoisotopic (exact) mass is 334 g/mol. The number of thiophene rings is 1. The molecular formula is C14H8F2N4S2. The molecule has 0 N–H and O–H groups in total. The van der Waals surface area contributed by atoms with Crippen molar-refractivity contribution in [3.8, 4) is 10.6 Å². The van der Waals surface area contributed by atoms with Gasteiger partial charge in [-0.1, -0.05) is 11.3 Å². The van der Waals surface area contributed by atoms with Gasteiger partial charge in [-0.2, -0.15) is 21.0 Å². The van der Waals surface area contributed by atoms with Crippen LogP contribution in [-0.4, -0.2) is 19.8 Å². The molecule has 0 aliphatic heterocycles. The van der Waals surface area contributed by atoms with Gasteiger partial charge in [0.15, 0.2) is 5.82 Å². The topological polar surface area (TPSA) is 43.1 Å². The van der Waals surface area contributed by atoms with Crippen molar-refractivity contribution in [3.05, 3.63) is 58.0 Å². The average molecular weight is 334 g/mol. The molecule has 4 nitrogen and oxygen atoms in total. The van der Waals surface area contributed by atoms with Crippen molar-refractivity contribution in [1.29, 1.82) is 0 Å². The van der Waals surface area contributed by atoms with Gasteiger partial charge in [-0.3, -0.25) is 0 Å². The number of hydrogen-bond donors (Lipinski definition) is 0. The van der Waals surface area contributed by atoms with E-state index in [-0.39, 0.29) is 6.42 Å². The summed E-state index contributed by atoms with van der Waals surface area (Å²) in [5.41, 5.74) is 1.53. The minimum absolute atomic E-state index is 0.267. The van der Waals surface area contributed by atoms with Crippen LogP contribution in [0.2, 0.25) is 0 Å². The fourth-order valence-electron chi connectivity index (χ4n) is 2.17. The lowest BCUT2D eigenvalue weighted by Crippen LogP contribution is -1.99. The second-order valence-corrected chi connectivity index (χ2v) is 6.42. The molecule has 0 amide bonds. The second-order valence-electron chi connectivity index (χ2n) is 4.68. The Bertz CT molecular complexity index is 923. The Hall–Kier alpha value is -2.19. The fourth-order valence-corrected chi connectivity index (χ4v) is 3.74. The summed E-state index contributed by atoms with van der Waals surface area (Å²) < 4.78 is 28.2. The van der Waals surface area contributed by atoms with Crippen molar-refractivity contribution in [2.45, 2.75) is 6.42 Å². The normalized spacial score (nSPS) is 11.4. The first-order chi connectivity index (χ1) is 10.7. The van der Waals surface area contributed by atoms with Crippen molar-refractivity contribution in [1.82, 2.24) is 19.8 Å². The zero-order valence-electron chi connectivity index (χ0n) is 11.0. The van der Waals surface area contributed by atoms with Crippen LogP contribution < -0.4 is 0 Å². The predicted molar refractivity (Wildman–Crippen MR) is 81.1 cm³/mol. The third-order valence-electron chi connectivity index (χ3n) is 3.11. The lowest BCUT2D eigenvalue weighted by atomic mass is 10.1. The van der Waals surface area contributed by atoms with Gasteiger partial charge in [0.2, 0.25) is 4.96 Å². The van der Waals surface area contributed by atoms with Crippen LogP contribution in [0.1, 0.15) is 11.4 Å². The molecule has 8 heteroatoms. The van der Waals surface area contributed by atoms with E-state index in [0.717, 1.165) is 16.6 Å². The highest BCUT2D eigenvalue weighted by Gasteiger charge is 2.14. The SMILES string of the molecule is Fc1cc(F)cc(Cc2nnc3sc(-c4ccsc4)nn23)c1. The van der Waals surface area contributed by atoms with E-state index in [2.05, 4.69) is 15.3 Å². The lowest BCUT2D eigenvalue weighted by Gasteiger charge is -1.99. The Morgan fingerprint density at radius 3 is 2.64 bits per heavy atom. The van der Waals surface area contributed by atoms with Gasteiger partial charge < -0.3 is 0 Å². The standard InChI is InChI=1S/C14H8F2N4S2/c15-10-3-8(4-11(16)6-10)5-12-17-18-14-20(12)19-13(22-14)9-1-2-21-7-9/h1-4,6-7H,5H2. The molecular weight excluding hydrogens is 326 g/mol. The molecule has 0 spiro atoms. The molecule has 0 radical (unpaired) electrons. The maximum absolute atomic E-state index is 13.3. The Balaban J connectivity index is 1.72. The Kier molecular flexibility index (Phi) is 3.20. The zero-order chi connectivity index (χ0) is 15.1. The van der Waals surface area contributed by atoms with E-state index in [1.54, 1.807) is 15.9 Å². The van der Waals surface area contributed by atoms with Crippen molar-refractivity contribution in [3.63, 3.8) is 0 Å². The molecule has 3 heterocycles. The molecule has 1 aromatic carbocycles. The molecule has 0 aliphatic carbocycles. The molecule has 4 aromatic rings. The van der Waals surface area contributed by atoms with Crippen LogP contribution in [0.5, 0.6) is 0 Å². The minimum Gasteiger partial charge on any atom is -0.207 e. The van der Waals surface area contributed by atoms with E-state index in [9.17, 15) is 8.78 Å². The number of nitrogens with zero attached hydrogens (tertiary/aromatic N) is 4. The van der Waals surface area contributed by atoms with E-state index in [1.165, 1.54) is 23.5 Å². The number of aromatic nitrogens is 4. The van der Waals surface area contributed by atoms with Crippen LogP contribution in [0.25, 0.3) is 15.5 Å². The molecule has 22 heavy (non-hydrogen) atoms. The summed E-state index contributed by atoms with van der Waals surface area (Å²) in [6.45, 7) is 0. The maximum atomic E-state index is 13.3. The smallest absolute Gasteiger partial charge is 0.207 e. The van der Waals surface area contributed by atoms with E-state index in [1.807, 2.05) is 16.8 Å². The largest absolute Gasteiger partial charge is 0.234 e. The Morgan fingerprint density at radius 2 is 1.91 bits per heavy atom. The minimum atomic E-state index is -0.604. The Morgan fingerprint density at radius 1 is 1.09 bits per heavy atom. The van der Waals surface area contributed by atoms with E-state index >= 15 is 0 Å². The van der Waals surface area contributed by atoms with Crippen molar-refractivity contribution < 1.29 is 8.78 Å². The molecule has 0 saturated carbocycles. The number of fused-ring (bicyclic) bond motifs is 1. The molecule has 0 unspecified atom stereocenters.